The standard InChI is InChI=1S/C22H23ClN2O2S/c23-17-10-8-16(9-11-17)22(27)12-14-25(15-13-22)21(26)7-3-6-20-24-18-4-1-2-5-19(18)28-20/h1-2,4-5,8-11,27H,3,6-7,12-15H2. The number of aliphatic hydroxyl groups is 1. The third-order valence-corrected chi connectivity index (χ3v) is 6.79. The second-order valence-electron chi connectivity index (χ2n) is 7.35. The van der Waals surface area contributed by atoms with Crippen LogP contribution >= 0.6 is 22.9 Å². The Morgan fingerprint density at radius 1 is 1.14 bits per heavy atom. The van der Waals surface area contributed by atoms with Gasteiger partial charge in [0.2, 0.25) is 5.91 Å². The van der Waals surface area contributed by atoms with E-state index in [9.17, 15) is 9.90 Å². The molecule has 1 aliphatic rings. The van der Waals surface area contributed by atoms with Crippen molar-refractivity contribution in [3.05, 3.63) is 64.1 Å². The summed E-state index contributed by atoms with van der Waals surface area (Å²) < 4.78 is 1.20. The van der Waals surface area contributed by atoms with E-state index in [4.69, 9.17) is 11.6 Å². The van der Waals surface area contributed by atoms with Gasteiger partial charge in [0.25, 0.3) is 0 Å². The minimum absolute atomic E-state index is 0.166. The molecule has 2 aromatic carbocycles. The number of hydrogen-bond donors (Lipinski definition) is 1. The second kappa shape index (κ2) is 8.19. The molecule has 1 N–H and O–H groups in total. The van der Waals surface area contributed by atoms with Crippen LogP contribution in [0.25, 0.3) is 10.2 Å². The zero-order chi connectivity index (χ0) is 19.6. The number of fused-ring (bicyclic) bond motifs is 1. The molecule has 1 amide bonds. The number of benzene rings is 2. The van der Waals surface area contributed by atoms with E-state index in [-0.39, 0.29) is 5.91 Å². The Balaban J connectivity index is 1.27. The van der Waals surface area contributed by atoms with Crippen molar-refractivity contribution in [1.82, 2.24) is 9.88 Å². The monoisotopic (exact) mass is 414 g/mol. The number of aromatic nitrogens is 1. The normalized spacial score (nSPS) is 16.4. The number of rotatable bonds is 5. The first-order valence-electron chi connectivity index (χ1n) is 9.64. The maximum absolute atomic E-state index is 12.6. The van der Waals surface area contributed by atoms with Crippen molar-refractivity contribution < 1.29 is 9.90 Å². The lowest BCUT2D eigenvalue weighted by molar-refractivity contribution is -0.135. The van der Waals surface area contributed by atoms with E-state index in [1.807, 2.05) is 35.2 Å². The van der Waals surface area contributed by atoms with Crippen LogP contribution in [0, 0.1) is 0 Å². The summed E-state index contributed by atoms with van der Waals surface area (Å²) in [7, 11) is 0. The van der Waals surface area contributed by atoms with Crippen molar-refractivity contribution in [2.75, 3.05) is 13.1 Å². The number of amides is 1. The summed E-state index contributed by atoms with van der Waals surface area (Å²) in [5.41, 5.74) is 1.04. The van der Waals surface area contributed by atoms with Crippen molar-refractivity contribution in [3.8, 4) is 0 Å². The van der Waals surface area contributed by atoms with Crippen molar-refractivity contribution >= 4 is 39.1 Å². The molecule has 1 aromatic heterocycles. The van der Waals surface area contributed by atoms with Gasteiger partial charge in [-0.05, 0) is 55.5 Å². The van der Waals surface area contributed by atoms with Gasteiger partial charge in [-0.15, -0.1) is 11.3 Å². The van der Waals surface area contributed by atoms with Gasteiger partial charge in [0, 0.05) is 24.5 Å². The fourth-order valence-corrected chi connectivity index (χ4v) is 4.89. The summed E-state index contributed by atoms with van der Waals surface area (Å²) in [5.74, 6) is 0.166. The Labute approximate surface area is 173 Å². The van der Waals surface area contributed by atoms with E-state index in [1.54, 1.807) is 23.5 Å². The van der Waals surface area contributed by atoms with Gasteiger partial charge in [0.05, 0.1) is 20.8 Å². The van der Waals surface area contributed by atoms with Gasteiger partial charge in [0.1, 0.15) is 0 Å². The molecule has 6 heteroatoms. The van der Waals surface area contributed by atoms with Gasteiger partial charge in [0.15, 0.2) is 0 Å². The van der Waals surface area contributed by atoms with Crippen LogP contribution in [0.2, 0.25) is 5.02 Å². The van der Waals surface area contributed by atoms with Crippen LogP contribution in [-0.2, 0) is 16.8 Å². The fraction of sp³-hybridized carbons (Fsp3) is 0.364. The maximum atomic E-state index is 12.6. The van der Waals surface area contributed by atoms with Crippen LogP contribution in [0.5, 0.6) is 0 Å². The van der Waals surface area contributed by atoms with Gasteiger partial charge in [-0.3, -0.25) is 4.79 Å². The van der Waals surface area contributed by atoms with Gasteiger partial charge in [-0.2, -0.15) is 0 Å². The zero-order valence-corrected chi connectivity index (χ0v) is 17.2. The molecule has 28 heavy (non-hydrogen) atoms. The minimum Gasteiger partial charge on any atom is -0.385 e. The lowest BCUT2D eigenvalue weighted by Crippen LogP contribution is -2.45. The van der Waals surface area contributed by atoms with Crippen molar-refractivity contribution in [2.45, 2.75) is 37.7 Å². The fourth-order valence-electron chi connectivity index (χ4n) is 3.75. The van der Waals surface area contributed by atoms with Gasteiger partial charge >= 0.3 is 0 Å². The quantitative estimate of drug-likeness (QED) is 0.653. The molecule has 0 unspecified atom stereocenters. The lowest BCUT2D eigenvalue weighted by atomic mass is 9.84. The summed E-state index contributed by atoms with van der Waals surface area (Å²) in [6.07, 6.45) is 3.26. The molecule has 3 aromatic rings. The van der Waals surface area contributed by atoms with Gasteiger partial charge in [-0.25, -0.2) is 4.98 Å². The number of para-hydroxylation sites is 1. The van der Waals surface area contributed by atoms with E-state index in [0.29, 0.717) is 37.4 Å². The highest BCUT2D eigenvalue weighted by Gasteiger charge is 2.35. The molecule has 1 fully saturated rings. The molecular weight excluding hydrogens is 392 g/mol. The molecule has 0 atom stereocenters. The Morgan fingerprint density at radius 3 is 2.57 bits per heavy atom. The number of carbonyl (C=O) groups is 1. The van der Waals surface area contributed by atoms with E-state index in [2.05, 4.69) is 11.1 Å². The minimum atomic E-state index is -0.873. The van der Waals surface area contributed by atoms with Crippen molar-refractivity contribution in [2.24, 2.45) is 0 Å². The van der Waals surface area contributed by atoms with Crippen LogP contribution in [-0.4, -0.2) is 34.0 Å². The highest BCUT2D eigenvalue weighted by atomic mass is 35.5. The third-order valence-electron chi connectivity index (χ3n) is 5.44. The molecule has 0 spiro atoms. The number of carbonyl (C=O) groups excluding carboxylic acids is 1. The summed E-state index contributed by atoms with van der Waals surface area (Å²) >= 11 is 7.64. The first-order valence-corrected chi connectivity index (χ1v) is 10.8. The molecule has 2 heterocycles. The molecular formula is C22H23ClN2O2S. The first-order chi connectivity index (χ1) is 13.5. The lowest BCUT2D eigenvalue weighted by Gasteiger charge is -2.38. The average molecular weight is 415 g/mol. The molecule has 1 aliphatic heterocycles. The number of piperidine rings is 1. The van der Waals surface area contributed by atoms with Gasteiger partial charge < -0.3 is 10.0 Å². The van der Waals surface area contributed by atoms with E-state index >= 15 is 0 Å². The summed E-state index contributed by atoms with van der Waals surface area (Å²) in [5, 5.41) is 12.7. The molecule has 4 nitrogen and oxygen atoms in total. The highest BCUT2D eigenvalue weighted by molar-refractivity contribution is 7.18. The van der Waals surface area contributed by atoms with E-state index in [0.717, 1.165) is 28.9 Å². The highest BCUT2D eigenvalue weighted by Crippen LogP contribution is 2.33. The smallest absolute Gasteiger partial charge is 0.222 e. The number of halogens is 1. The molecule has 0 saturated carbocycles. The Bertz CT molecular complexity index is 929. The predicted octanol–water partition coefficient (Wildman–Crippen LogP) is 4.78. The molecule has 0 bridgehead atoms. The van der Waals surface area contributed by atoms with Crippen LogP contribution < -0.4 is 0 Å². The Kier molecular flexibility index (Phi) is 5.67. The van der Waals surface area contributed by atoms with Crippen molar-refractivity contribution in [1.29, 1.82) is 0 Å². The maximum Gasteiger partial charge on any atom is 0.222 e. The topological polar surface area (TPSA) is 53.4 Å². The number of hydrogen-bond acceptors (Lipinski definition) is 4. The Hall–Kier alpha value is -1.95. The molecule has 4 rings (SSSR count). The van der Waals surface area contributed by atoms with Crippen LogP contribution in [0.3, 0.4) is 0 Å². The largest absolute Gasteiger partial charge is 0.385 e. The number of thiazole rings is 1. The number of aryl methyl sites for hydroxylation is 1. The van der Waals surface area contributed by atoms with Crippen molar-refractivity contribution in [3.63, 3.8) is 0 Å². The number of likely N-dealkylation sites (tertiary alicyclic amines) is 1. The molecule has 1 saturated heterocycles. The summed E-state index contributed by atoms with van der Waals surface area (Å²) in [6, 6.07) is 15.5. The molecule has 0 aliphatic carbocycles. The SMILES string of the molecule is O=C(CCCc1nc2ccccc2s1)N1CCC(O)(c2ccc(Cl)cc2)CC1. The van der Waals surface area contributed by atoms with E-state index < -0.39 is 5.60 Å². The summed E-state index contributed by atoms with van der Waals surface area (Å²) in [6.45, 7) is 1.16. The first kappa shape index (κ1) is 19.4. The predicted molar refractivity (Wildman–Crippen MR) is 114 cm³/mol. The van der Waals surface area contributed by atoms with E-state index in [1.165, 1.54) is 4.70 Å². The molecule has 146 valence electrons. The average Bonchev–Trinajstić information content (AvgIpc) is 3.11. The Morgan fingerprint density at radius 2 is 1.86 bits per heavy atom. The molecule has 0 radical (unpaired) electrons. The van der Waals surface area contributed by atoms with Crippen LogP contribution in [0.4, 0.5) is 0 Å². The second-order valence-corrected chi connectivity index (χ2v) is 8.90. The zero-order valence-electron chi connectivity index (χ0n) is 15.6. The summed E-state index contributed by atoms with van der Waals surface area (Å²) in [4.78, 5) is 19.1. The number of nitrogens with zero attached hydrogens (tertiary/aromatic N) is 2. The van der Waals surface area contributed by atoms with Gasteiger partial charge in [-0.1, -0.05) is 35.9 Å². The third kappa shape index (κ3) is 4.22. The van der Waals surface area contributed by atoms with Crippen LogP contribution in [0.1, 0.15) is 36.3 Å². The van der Waals surface area contributed by atoms with Crippen LogP contribution in [0.15, 0.2) is 48.5 Å².